The third kappa shape index (κ3) is 2.14. The van der Waals surface area contributed by atoms with Crippen LogP contribution in [0.3, 0.4) is 0 Å². The lowest BCUT2D eigenvalue weighted by Crippen LogP contribution is -2.01. The second-order valence-corrected chi connectivity index (χ2v) is 4.75. The molecular weight excluding hydrogens is 246 g/mol. The van der Waals surface area contributed by atoms with Crippen LogP contribution in [0.2, 0.25) is 0 Å². The van der Waals surface area contributed by atoms with Crippen LogP contribution in [0.5, 0.6) is 0 Å². The van der Waals surface area contributed by atoms with Gasteiger partial charge in [0.05, 0.1) is 17.7 Å². The van der Waals surface area contributed by atoms with Crippen molar-refractivity contribution in [2.75, 3.05) is 5.32 Å². The largest absolute Gasteiger partial charge is 0.365 e. The van der Waals surface area contributed by atoms with E-state index in [4.69, 9.17) is 0 Å². The zero-order valence-electron chi connectivity index (χ0n) is 9.79. The first kappa shape index (κ1) is 11.0. The van der Waals surface area contributed by atoms with E-state index in [0.717, 1.165) is 23.6 Å². The molecule has 0 atom stereocenters. The van der Waals surface area contributed by atoms with Crippen molar-refractivity contribution in [1.29, 1.82) is 0 Å². The van der Waals surface area contributed by atoms with Gasteiger partial charge in [-0.25, -0.2) is 15.0 Å². The molecule has 0 fully saturated rings. The van der Waals surface area contributed by atoms with Crippen molar-refractivity contribution in [1.82, 2.24) is 19.9 Å². The van der Waals surface area contributed by atoms with E-state index in [1.165, 1.54) is 4.88 Å². The predicted octanol–water partition coefficient (Wildman–Crippen LogP) is 2.40. The van der Waals surface area contributed by atoms with Crippen molar-refractivity contribution < 1.29 is 0 Å². The number of nitrogens with zero attached hydrogens (tertiary/aromatic N) is 4. The Morgan fingerprint density at radius 3 is 2.89 bits per heavy atom. The van der Waals surface area contributed by atoms with Gasteiger partial charge in [0.1, 0.15) is 11.3 Å². The quantitative estimate of drug-likeness (QED) is 0.780. The molecule has 5 nitrogen and oxygen atoms in total. The zero-order valence-corrected chi connectivity index (χ0v) is 10.6. The molecule has 3 heterocycles. The van der Waals surface area contributed by atoms with Gasteiger partial charge in [-0.2, -0.15) is 0 Å². The summed E-state index contributed by atoms with van der Waals surface area (Å²) in [6.07, 6.45) is 3.31. The lowest BCUT2D eigenvalue weighted by Gasteiger charge is -2.04. The number of hydrogen-bond acceptors (Lipinski definition) is 6. The molecule has 0 unspecified atom stereocenters. The van der Waals surface area contributed by atoms with Gasteiger partial charge < -0.3 is 5.32 Å². The summed E-state index contributed by atoms with van der Waals surface area (Å²) in [5.74, 6) is 0.802. The fourth-order valence-electron chi connectivity index (χ4n) is 1.62. The molecule has 0 aliphatic carbocycles. The van der Waals surface area contributed by atoms with Crippen LogP contribution in [0.15, 0.2) is 30.0 Å². The van der Waals surface area contributed by atoms with Gasteiger partial charge in [-0.15, -0.1) is 11.3 Å². The number of nitrogens with one attached hydrogen (secondary N) is 1. The van der Waals surface area contributed by atoms with Crippen molar-refractivity contribution in [2.45, 2.75) is 13.5 Å². The maximum absolute atomic E-state index is 4.40. The van der Waals surface area contributed by atoms with Gasteiger partial charge in [-0.1, -0.05) is 0 Å². The first-order valence-electron chi connectivity index (χ1n) is 5.53. The molecule has 0 aliphatic rings. The molecule has 3 aromatic rings. The Kier molecular flexibility index (Phi) is 2.85. The average Bonchev–Trinajstić information content (AvgIpc) is 2.82. The summed E-state index contributed by atoms with van der Waals surface area (Å²) in [5.41, 5.74) is 4.37. The van der Waals surface area contributed by atoms with E-state index in [0.29, 0.717) is 5.65 Å². The lowest BCUT2D eigenvalue weighted by atomic mass is 10.3. The van der Waals surface area contributed by atoms with E-state index in [2.05, 4.69) is 25.3 Å². The Labute approximate surface area is 108 Å². The maximum Gasteiger partial charge on any atom is 0.180 e. The molecule has 18 heavy (non-hydrogen) atoms. The van der Waals surface area contributed by atoms with Crippen LogP contribution in [-0.4, -0.2) is 19.9 Å². The van der Waals surface area contributed by atoms with Gasteiger partial charge in [0.15, 0.2) is 5.65 Å². The van der Waals surface area contributed by atoms with E-state index in [-0.39, 0.29) is 0 Å². The molecule has 0 amide bonds. The van der Waals surface area contributed by atoms with Crippen LogP contribution in [-0.2, 0) is 6.54 Å². The maximum atomic E-state index is 4.40. The third-order valence-electron chi connectivity index (χ3n) is 2.61. The molecule has 1 N–H and O–H groups in total. The summed E-state index contributed by atoms with van der Waals surface area (Å²) < 4.78 is 0. The normalized spacial score (nSPS) is 10.7. The van der Waals surface area contributed by atoms with Crippen molar-refractivity contribution in [2.24, 2.45) is 0 Å². The van der Waals surface area contributed by atoms with Crippen molar-refractivity contribution in [3.63, 3.8) is 0 Å². The van der Waals surface area contributed by atoms with Gasteiger partial charge in [0, 0.05) is 17.3 Å². The highest BCUT2D eigenvalue weighted by molar-refractivity contribution is 7.09. The SMILES string of the molecule is Cc1ncsc1CNc1ccc2nccnc2n1. The van der Waals surface area contributed by atoms with Crippen molar-refractivity contribution >= 4 is 28.3 Å². The molecular formula is C12H11N5S. The van der Waals surface area contributed by atoms with E-state index in [1.54, 1.807) is 23.7 Å². The summed E-state index contributed by atoms with van der Waals surface area (Å²) in [5, 5.41) is 3.27. The van der Waals surface area contributed by atoms with Crippen LogP contribution in [0.25, 0.3) is 11.2 Å². The Morgan fingerprint density at radius 1 is 1.17 bits per heavy atom. The van der Waals surface area contributed by atoms with E-state index < -0.39 is 0 Å². The Bertz CT molecular complexity index is 679. The van der Waals surface area contributed by atoms with Gasteiger partial charge in [-0.05, 0) is 19.1 Å². The zero-order chi connectivity index (χ0) is 12.4. The molecule has 0 spiro atoms. The summed E-state index contributed by atoms with van der Waals surface area (Å²) in [6, 6.07) is 3.82. The van der Waals surface area contributed by atoms with Gasteiger partial charge in [0.25, 0.3) is 0 Å². The van der Waals surface area contributed by atoms with Crippen molar-refractivity contribution in [3.8, 4) is 0 Å². The van der Waals surface area contributed by atoms with E-state index >= 15 is 0 Å². The highest BCUT2D eigenvalue weighted by Crippen LogP contribution is 2.15. The third-order valence-corrected chi connectivity index (χ3v) is 3.54. The standard InChI is InChI=1S/C12H11N5S/c1-8-10(18-7-16-8)6-15-11-3-2-9-12(17-11)14-5-4-13-9/h2-5,7H,6H2,1H3,(H,14,15,17). The molecule has 6 heteroatoms. The molecule has 0 saturated heterocycles. The molecule has 90 valence electrons. The van der Waals surface area contributed by atoms with Crippen LogP contribution < -0.4 is 5.32 Å². The Morgan fingerprint density at radius 2 is 2.06 bits per heavy atom. The first-order valence-corrected chi connectivity index (χ1v) is 6.41. The smallest absolute Gasteiger partial charge is 0.180 e. The highest BCUT2D eigenvalue weighted by Gasteiger charge is 2.03. The molecule has 3 rings (SSSR count). The Balaban J connectivity index is 1.81. The fourth-order valence-corrected chi connectivity index (χ4v) is 2.34. The van der Waals surface area contributed by atoms with Crippen LogP contribution >= 0.6 is 11.3 Å². The number of anilines is 1. The second kappa shape index (κ2) is 4.66. The van der Waals surface area contributed by atoms with Crippen LogP contribution in [0.1, 0.15) is 10.6 Å². The molecule has 0 bridgehead atoms. The van der Waals surface area contributed by atoms with Gasteiger partial charge >= 0.3 is 0 Å². The summed E-state index contributed by atoms with van der Waals surface area (Å²) in [7, 11) is 0. The lowest BCUT2D eigenvalue weighted by molar-refractivity contribution is 1.10. The van der Waals surface area contributed by atoms with Gasteiger partial charge in [0.2, 0.25) is 0 Å². The number of fused-ring (bicyclic) bond motifs is 1. The minimum Gasteiger partial charge on any atom is -0.365 e. The molecule has 0 saturated carbocycles. The van der Waals surface area contributed by atoms with Crippen LogP contribution in [0.4, 0.5) is 5.82 Å². The molecule has 0 aromatic carbocycles. The topological polar surface area (TPSA) is 63.6 Å². The number of aryl methyl sites for hydroxylation is 1. The van der Waals surface area contributed by atoms with E-state index in [1.807, 2.05) is 24.6 Å². The fraction of sp³-hybridized carbons (Fsp3) is 0.167. The number of rotatable bonds is 3. The summed E-state index contributed by atoms with van der Waals surface area (Å²) in [4.78, 5) is 18.2. The number of pyridine rings is 1. The highest BCUT2D eigenvalue weighted by atomic mass is 32.1. The molecule has 0 radical (unpaired) electrons. The average molecular weight is 257 g/mol. The number of hydrogen-bond donors (Lipinski definition) is 1. The molecule has 0 aliphatic heterocycles. The minimum absolute atomic E-state index is 0.656. The number of thiazole rings is 1. The second-order valence-electron chi connectivity index (χ2n) is 3.81. The van der Waals surface area contributed by atoms with Crippen molar-refractivity contribution in [3.05, 3.63) is 40.6 Å². The Hall–Kier alpha value is -2.08. The predicted molar refractivity (Wildman–Crippen MR) is 71.5 cm³/mol. The first-order chi connectivity index (χ1) is 8.83. The van der Waals surface area contributed by atoms with E-state index in [9.17, 15) is 0 Å². The van der Waals surface area contributed by atoms with Crippen LogP contribution in [0, 0.1) is 6.92 Å². The number of aromatic nitrogens is 4. The summed E-state index contributed by atoms with van der Waals surface area (Å²) in [6.45, 7) is 2.74. The van der Waals surface area contributed by atoms with Gasteiger partial charge in [-0.3, -0.25) is 4.98 Å². The monoisotopic (exact) mass is 257 g/mol. The molecule has 3 aromatic heterocycles. The summed E-state index contributed by atoms with van der Waals surface area (Å²) >= 11 is 1.64. The minimum atomic E-state index is 0.656.